The topological polar surface area (TPSA) is 65.8 Å². The monoisotopic (exact) mass is 335 g/mol. The van der Waals surface area contributed by atoms with E-state index >= 15 is 0 Å². The fourth-order valence-electron chi connectivity index (χ4n) is 3.49. The summed E-state index contributed by atoms with van der Waals surface area (Å²) < 4.78 is 2.06. The molecule has 0 radical (unpaired) electrons. The number of carbonyl (C=O) groups is 1. The maximum absolute atomic E-state index is 12.3. The summed E-state index contributed by atoms with van der Waals surface area (Å²) in [5, 5.41) is 15.0. The summed E-state index contributed by atoms with van der Waals surface area (Å²) in [6, 6.07) is 12.3. The van der Waals surface area contributed by atoms with Crippen LogP contribution in [0.1, 0.15) is 21.5 Å². The highest BCUT2D eigenvalue weighted by atomic mass is 16.3. The molecule has 25 heavy (non-hydrogen) atoms. The Kier molecular flexibility index (Phi) is 4.26. The smallest absolute Gasteiger partial charge is 0.253 e. The van der Waals surface area contributed by atoms with Gasteiger partial charge in [-0.05, 0) is 35.2 Å². The number of amides is 1. The lowest BCUT2D eigenvalue weighted by atomic mass is 9.99. The van der Waals surface area contributed by atoms with Gasteiger partial charge >= 0.3 is 0 Å². The summed E-state index contributed by atoms with van der Waals surface area (Å²) in [6.07, 6.45) is 4.94. The van der Waals surface area contributed by atoms with Crippen LogP contribution in [0, 0.1) is 0 Å². The van der Waals surface area contributed by atoms with Crippen LogP contribution in [0.2, 0.25) is 0 Å². The third-order valence-corrected chi connectivity index (χ3v) is 4.69. The number of aliphatic hydroxyl groups excluding tert-OH is 1. The van der Waals surface area contributed by atoms with E-state index in [0.717, 1.165) is 29.6 Å². The van der Waals surface area contributed by atoms with Crippen LogP contribution >= 0.6 is 0 Å². The minimum absolute atomic E-state index is 0.000643. The van der Waals surface area contributed by atoms with Gasteiger partial charge in [0.05, 0.1) is 17.7 Å². The Bertz CT molecular complexity index is 913. The van der Waals surface area contributed by atoms with Gasteiger partial charge in [-0.2, -0.15) is 0 Å². The van der Waals surface area contributed by atoms with Gasteiger partial charge in [0.25, 0.3) is 5.91 Å². The van der Waals surface area contributed by atoms with Crippen molar-refractivity contribution in [1.82, 2.24) is 15.0 Å². The van der Waals surface area contributed by atoms with Crippen LogP contribution in [0.4, 0.5) is 0 Å². The number of carbonyl (C=O) groups excluding carboxylic acids is 1. The molecule has 0 saturated carbocycles. The van der Waals surface area contributed by atoms with Crippen molar-refractivity contribution >= 4 is 11.4 Å². The van der Waals surface area contributed by atoms with E-state index in [9.17, 15) is 4.79 Å². The molecule has 0 atom stereocenters. The van der Waals surface area contributed by atoms with Crippen LogP contribution in [0.5, 0.6) is 0 Å². The number of hydrogen-bond donors (Lipinski definition) is 3. The molecule has 2 aromatic heterocycles. The first-order valence-electron chi connectivity index (χ1n) is 8.59. The van der Waals surface area contributed by atoms with Gasteiger partial charge in [0.15, 0.2) is 0 Å². The van der Waals surface area contributed by atoms with Crippen LogP contribution in [0.3, 0.4) is 0 Å². The summed E-state index contributed by atoms with van der Waals surface area (Å²) >= 11 is 0. The Balaban J connectivity index is 1.73. The average molecular weight is 335 g/mol. The summed E-state index contributed by atoms with van der Waals surface area (Å²) in [6.45, 7) is 2.14. The average Bonchev–Trinajstić information content (AvgIpc) is 2.92. The van der Waals surface area contributed by atoms with Crippen LogP contribution in [-0.4, -0.2) is 35.1 Å². The highest BCUT2D eigenvalue weighted by Crippen LogP contribution is 2.32. The largest absolute Gasteiger partial charge is 0.395 e. The number of benzene rings is 1. The molecule has 1 aliphatic heterocycles. The van der Waals surface area contributed by atoms with Gasteiger partial charge in [-0.15, -0.1) is 0 Å². The summed E-state index contributed by atoms with van der Waals surface area (Å²) in [7, 11) is 0. The third kappa shape index (κ3) is 2.92. The van der Waals surface area contributed by atoms with Crippen LogP contribution < -0.4 is 10.6 Å². The van der Waals surface area contributed by atoms with Gasteiger partial charge < -0.3 is 20.1 Å². The highest BCUT2D eigenvalue weighted by Gasteiger charge is 2.21. The fraction of sp³-hybridized carbons (Fsp3) is 0.250. The number of aromatic nitrogens is 1. The second kappa shape index (κ2) is 6.70. The van der Waals surface area contributed by atoms with Crippen LogP contribution in [-0.2, 0) is 13.0 Å². The third-order valence-electron chi connectivity index (χ3n) is 4.69. The number of aliphatic hydroxyl groups is 1. The second-order valence-electron chi connectivity index (χ2n) is 6.30. The molecule has 5 heteroatoms. The molecule has 128 valence electrons. The van der Waals surface area contributed by atoms with Gasteiger partial charge in [0.2, 0.25) is 0 Å². The maximum atomic E-state index is 12.3. The van der Waals surface area contributed by atoms with Crippen molar-refractivity contribution < 1.29 is 9.90 Å². The van der Waals surface area contributed by atoms with Crippen LogP contribution in [0.15, 0.2) is 48.8 Å². The van der Waals surface area contributed by atoms with E-state index in [1.807, 2.05) is 18.3 Å². The quantitative estimate of drug-likeness (QED) is 0.625. The first-order chi connectivity index (χ1) is 12.3. The highest BCUT2D eigenvalue weighted by molar-refractivity contribution is 6.03. The maximum Gasteiger partial charge on any atom is 0.253 e. The van der Waals surface area contributed by atoms with Crippen molar-refractivity contribution in [2.24, 2.45) is 0 Å². The minimum Gasteiger partial charge on any atom is -0.395 e. The van der Waals surface area contributed by atoms with E-state index in [2.05, 4.69) is 45.5 Å². The Morgan fingerprint density at radius 1 is 1.16 bits per heavy atom. The van der Waals surface area contributed by atoms with Crippen molar-refractivity contribution in [3.8, 4) is 11.1 Å². The SMILES string of the molecule is O=C1NCCc2c(-c3ccc(CNCCO)cc3)cn3cccc1c23. The molecule has 1 aromatic carbocycles. The van der Waals surface area contributed by atoms with Gasteiger partial charge in [0, 0.05) is 37.6 Å². The lowest BCUT2D eigenvalue weighted by Crippen LogP contribution is -2.23. The molecule has 3 N–H and O–H groups in total. The Labute approximate surface area is 146 Å². The van der Waals surface area contributed by atoms with E-state index in [-0.39, 0.29) is 12.5 Å². The van der Waals surface area contributed by atoms with E-state index in [0.29, 0.717) is 13.1 Å². The minimum atomic E-state index is -0.000643. The number of pyridine rings is 1. The van der Waals surface area contributed by atoms with E-state index in [1.165, 1.54) is 16.7 Å². The molecule has 4 rings (SSSR count). The molecular weight excluding hydrogens is 314 g/mol. The standard InChI is InChI=1S/C20H21N3O2/c24-11-9-21-12-14-3-5-15(6-4-14)18-13-23-10-1-2-17-19(23)16(18)7-8-22-20(17)25/h1-6,10,13,21,24H,7-9,11-12H2,(H,22,25). The zero-order valence-electron chi connectivity index (χ0n) is 14.0. The van der Waals surface area contributed by atoms with Crippen molar-refractivity contribution in [3.05, 3.63) is 65.5 Å². The fourth-order valence-corrected chi connectivity index (χ4v) is 3.49. The predicted octanol–water partition coefficient (Wildman–Crippen LogP) is 1.97. The Morgan fingerprint density at radius 2 is 2.00 bits per heavy atom. The Morgan fingerprint density at radius 3 is 2.80 bits per heavy atom. The number of rotatable bonds is 5. The van der Waals surface area contributed by atoms with Gasteiger partial charge in [-0.3, -0.25) is 4.79 Å². The van der Waals surface area contributed by atoms with Crippen molar-refractivity contribution in [2.75, 3.05) is 19.7 Å². The molecule has 3 heterocycles. The molecule has 5 nitrogen and oxygen atoms in total. The molecule has 3 aromatic rings. The van der Waals surface area contributed by atoms with Crippen molar-refractivity contribution in [3.63, 3.8) is 0 Å². The van der Waals surface area contributed by atoms with E-state index in [4.69, 9.17) is 5.11 Å². The van der Waals surface area contributed by atoms with Crippen molar-refractivity contribution in [1.29, 1.82) is 0 Å². The predicted molar refractivity (Wildman–Crippen MR) is 97.7 cm³/mol. The molecule has 0 spiro atoms. The number of nitrogens with one attached hydrogen (secondary N) is 2. The molecule has 0 unspecified atom stereocenters. The van der Waals surface area contributed by atoms with E-state index in [1.54, 1.807) is 0 Å². The lowest BCUT2D eigenvalue weighted by Gasteiger charge is -2.06. The molecule has 0 fully saturated rings. The zero-order chi connectivity index (χ0) is 17.2. The van der Waals surface area contributed by atoms with Crippen molar-refractivity contribution in [2.45, 2.75) is 13.0 Å². The summed E-state index contributed by atoms with van der Waals surface area (Å²) in [5.74, 6) is -0.000643. The van der Waals surface area contributed by atoms with E-state index < -0.39 is 0 Å². The number of nitrogens with zero attached hydrogens (tertiary/aromatic N) is 1. The van der Waals surface area contributed by atoms with Gasteiger partial charge in [-0.1, -0.05) is 24.3 Å². The van der Waals surface area contributed by atoms with Gasteiger partial charge in [-0.25, -0.2) is 0 Å². The second-order valence-corrected chi connectivity index (χ2v) is 6.30. The summed E-state index contributed by atoms with van der Waals surface area (Å²) in [4.78, 5) is 12.3. The van der Waals surface area contributed by atoms with Crippen LogP contribution in [0.25, 0.3) is 16.6 Å². The summed E-state index contributed by atoms with van der Waals surface area (Å²) in [5.41, 5.74) is 6.50. The molecule has 1 amide bonds. The lowest BCUT2D eigenvalue weighted by molar-refractivity contribution is 0.0957. The first kappa shape index (κ1) is 15.9. The molecule has 0 saturated heterocycles. The van der Waals surface area contributed by atoms with Gasteiger partial charge in [0.1, 0.15) is 0 Å². The Hall–Kier alpha value is -2.63. The molecule has 0 bridgehead atoms. The molecule has 0 aliphatic carbocycles. The number of hydrogen-bond acceptors (Lipinski definition) is 3. The first-order valence-corrected chi connectivity index (χ1v) is 8.59. The molecular formula is C20H21N3O2. The molecule has 1 aliphatic rings. The normalized spacial score (nSPS) is 13.7. The zero-order valence-corrected chi connectivity index (χ0v) is 14.0.